The molecule has 1 aliphatic carbocycles. The van der Waals surface area contributed by atoms with E-state index in [0.717, 1.165) is 46.5 Å². The van der Waals surface area contributed by atoms with E-state index in [9.17, 15) is 0 Å². The van der Waals surface area contributed by atoms with Crippen molar-refractivity contribution in [1.82, 2.24) is 34.4 Å². The van der Waals surface area contributed by atoms with Gasteiger partial charge in [-0.15, -0.1) is 5.10 Å². The van der Waals surface area contributed by atoms with Crippen LogP contribution < -0.4 is 10.6 Å². The summed E-state index contributed by atoms with van der Waals surface area (Å²) in [6.07, 6.45) is 7.94. The molecule has 4 aromatic heterocycles. The minimum Gasteiger partial charge on any atom is -0.350 e. The number of imidazole rings is 1. The summed E-state index contributed by atoms with van der Waals surface area (Å²) < 4.78 is 4.10. The van der Waals surface area contributed by atoms with Gasteiger partial charge in [0.15, 0.2) is 5.65 Å². The molecular weight excluding hydrogens is 364 g/mol. The van der Waals surface area contributed by atoms with Gasteiger partial charge < -0.3 is 15.2 Å². The zero-order chi connectivity index (χ0) is 20.1. The molecule has 4 aromatic rings. The van der Waals surface area contributed by atoms with Crippen LogP contribution in [0.3, 0.4) is 0 Å². The van der Waals surface area contributed by atoms with E-state index in [-0.39, 0.29) is 0 Å². The van der Waals surface area contributed by atoms with Crippen LogP contribution in [0, 0.1) is 6.92 Å². The average molecular weight is 390 g/mol. The fourth-order valence-electron chi connectivity index (χ4n) is 4.25. The zero-order valence-electron chi connectivity index (χ0n) is 17.2. The number of nitrogens with one attached hydrogen (secondary N) is 2. The summed E-state index contributed by atoms with van der Waals surface area (Å²) in [5, 5.41) is 11.4. The molecule has 150 valence electrons. The van der Waals surface area contributed by atoms with Crippen molar-refractivity contribution in [2.75, 3.05) is 12.4 Å². The monoisotopic (exact) mass is 390 g/mol. The summed E-state index contributed by atoms with van der Waals surface area (Å²) in [6, 6.07) is 5.59. The second-order valence-corrected chi connectivity index (χ2v) is 8.13. The highest BCUT2D eigenvalue weighted by Crippen LogP contribution is 2.29. The maximum Gasteiger partial charge on any atom is 0.241 e. The van der Waals surface area contributed by atoms with Crippen molar-refractivity contribution in [1.29, 1.82) is 0 Å². The molecule has 0 saturated heterocycles. The second kappa shape index (κ2) is 6.81. The molecule has 4 heterocycles. The highest BCUT2D eigenvalue weighted by atomic mass is 15.3. The van der Waals surface area contributed by atoms with E-state index in [1.165, 1.54) is 0 Å². The molecule has 1 aliphatic rings. The number of nitrogens with zero attached hydrogens (tertiary/aromatic N) is 6. The van der Waals surface area contributed by atoms with Gasteiger partial charge in [-0.05, 0) is 52.8 Å². The first kappa shape index (κ1) is 18.1. The third-order valence-electron chi connectivity index (χ3n) is 5.85. The first-order valence-electron chi connectivity index (χ1n) is 10.2. The largest absolute Gasteiger partial charge is 0.350 e. The summed E-state index contributed by atoms with van der Waals surface area (Å²) in [4.78, 5) is 13.7. The van der Waals surface area contributed by atoms with Crippen molar-refractivity contribution in [2.24, 2.45) is 0 Å². The van der Waals surface area contributed by atoms with Crippen LogP contribution in [0.25, 0.3) is 27.8 Å². The molecule has 0 bridgehead atoms. The maximum atomic E-state index is 4.64. The third kappa shape index (κ3) is 3.04. The first-order chi connectivity index (χ1) is 14.0. The van der Waals surface area contributed by atoms with Crippen molar-refractivity contribution in [3.63, 3.8) is 0 Å². The Kier molecular flexibility index (Phi) is 4.24. The molecular formula is C21H26N8. The summed E-state index contributed by atoms with van der Waals surface area (Å²) in [5.41, 5.74) is 4.91. The van der Waals surface area contributed by atoms with Gasteiger partial charge in [0.1, 0.15) is 5.82 Å². The Labute approximate surface area is 169 Å². The lowest BCUT2D eigenvalue weighted by molar-refractivity contribution is 0.325. The van der Waals surface area contributed by atoms with E-state index in [2.05, 4.69) is 61.2 Å². The van der Waals surface area contributed by atoms with Gasteiger partial charge in [-0.1, -0.05) is 0 Å². The fourth-order valence-corrected chi connectivity index (χ4v) is 4.25. The summed E-state index contributed by atoms with van der Waals surface area (Å²) >= 11 is 0. The van der Waals surface area contributed by atoms with Crippen LogP contribution in [0.5, 0.6) is 0 Å². The fraction of sp³-hybridized carbons (Fsp3) is 0.429. The van der Waals surface area contributed by atoms with Gasteiger partial charge in [-0.3, -0.25) is 0 Å². The van der Waals surface area contributed by atoms with Gasteiger partial charge in [-0.2, -0.15) is 0 Å². The molecule has 0 atom stereocenters. The number of aromatic nitrogens is 6. The van der Waals surface area contributed by atoms with Crippen LogP contribution >= 0.6 is 0 Å². The van der Waals surface area contributed by atoms with Crippen molar-refractivity contribution in [3.8, 4) is 11.1 Å². The molecule has 1 fully saturated rings. The van der Waals surface area contributed by atoms with E-state index in [1.807, 2.05) is 37.1 Å². The minimum atomic E-state index is 0.328. The highest BCUT2D eigenvalue weighted by Gasteiger charge is 2.28. The second-order valence-electron chi connectivity index (χ2n) is 8.13. The molecule has 0 aromatic carbocycles. The van der Waals surface area contributed by atoms with E-state index < -0.39 is 0 Å². The zero-order valence-corrected chi connectivity index (χ0v) is 17.2. The smallest absolute Gasteiger partial charge is 0.241 e. The Hall–Kier alpha value is -3.00. The van der Waals surface area contributed by atoms with Gasteiger partial charge in [0.25, 0.3) is 0 Å². The average Bonchev–Trinajstić information content (AvgIpc) is 3.23. The molecule has 29 heavy (non-hydrogen) atoms. The SMILES string of the molecule is CNC1CC(Nc2ncc3c(-c4cnc5nc(C)n(C(C)C)c5c4)ccn3n2)C1. The standard InChI is InChI=1S/C21H26N8/c1-12(2)29-13(3)25-20-18(29)7-14(10-23-20)17-5-6-28-19(17)11-24-21(27-28)26-16-8-15(9-16)22-4/h5-7,10-12,15-16,22H,8-9H2,1-4H3,(H,26,27). The van der Waals surface area contributed by atoms with E-state index >= 15 is 0 Å². The Balaban J connectivity index is 1.48. The van der Waals surface area contributed by atoms with Crippen LogP contribution in [-0.2, 0) is 0 Å². The van der Waals surface area contributed by atoms with Crippen molar-refractivity contribution in [3.05, 3.63) is 36.5 Å². The number of pyridine rings is 1. The van der Waals surface area contributed by atoms with Gasteiger partial charge in [0.2, 0.25) is 5.95 Å². The first-order valence-corrected chi connectivity index (χ1v) is 10.2. The lowest BCUT2D eigenvalue weighted by atomic mass is 9.87. The normalized spacial score (nSPS) is 19.2. The van der Waals surface area contributed by atoms with Gasteiger partial charge in [-0.25, -0.2) is 19.5 Å². The summed E-state index contributed by atoms with van der Waals surface area (Å²) in [7, 11) is 2.01. The maximum absolute atomic E-state index is 4.64. The number of aryl methyl sites for hydroxylation is 1. The molecule has 0 radical (unpaired) electrons. The molecule has 0 spiro atoms. The van der Waals surface area contributed by atoms with E-state index in [4.69, 9.17) is 0 Å². The van der Waals surface area contributed by atoms with Crippen molar-refractivity contribution >= 4 is 22.6 Å². The van der Waals surface area contributed by atoms with Crippen molar-refractivity contribution < 1.29 is 0 Å². The number of rotatable bonds is 5. The van der Waals surface area contributed by atoms with Crippen LogP contribution in [0.2, 0.25) is 0 Å². The van der Waals surface area contributed by atoms with Gasteiger partial charge in [0.05, 0.1) is 17.2 Å². The lowest BCUT2D eigenvalue weighted by Crippen LogP contribution is -2.46. The molecule has 0 unspecified atom stereocenters. The minimum absolute atomic E-state index is 0.328. The lowest BCUT2D eigenvalue weighted by Gasteiger charge is -2.35. The molecule has 8 heteroatoms. The number of anilines is 1. The summed E-state index contributed by atoms with van der Waals surface area (Å²) in [5.74, 6) is 1.65. The van der Waals surface area contributed by atoms with Crippen LogP contribution in [0.15, 0.2) is 30.7 Å². The Bertz CT molecular complexity index is 1180. The molecule has 8 nitrogen and oxygen atoms in total. The Morgan fingerprint density at radius 2 is 1.93 bits per heavy atom. The van der Waals surface area contributed by atoms with Crippen LogP contribution in [0.4, 0.5) is 5.95 Å². The number of hydrogen-bond acceptors (Lipinski definition) is 6. The summed E-state index contributed by atoms with van der Waals surface area (Å²) in [6.45, 7) is 6.36. The molecule has 5 rings (SSSR count). The van der Waals surface area contributed by atoms with Crippen LogP contribution in [-0.4, -0.2) is 48.3 Å². The van der Waals surface area contributed by atoms with E-state index in [0.29, 0.717) is 24.1 Å². The molecule has 1 saturated carbocycles. The predicted molar refractivity (Wildman–Crippen MR) is 114 cm³/mol. The van der Waals surface area contributed by atoms with E-state index in [1.54, 1.807) is 0 Å². The van der Waals surface area contributed by atoms with Crippen molar-refractivity contribution in [2.45, 2.75) is 51.7 Å². The topological polar surface area (TPSA) is 85.0 Å². The molecule has 0 amide bonds. The van der Waals surface area contributed by atoms with Crippen LogP contribution in [0.1, 0.15) is 38.6 Å². The third-order valence-corrected chi connectivity index (χ3v) is 5.85. The van der Waals surface area contributed by atoms with Gasteiger partial charge in [0, 0.05) is 41.6 Å². The van der Waals surface area contributed by atoms with Gasteiger partial charge >= 0.3 is 0 Å². The quantitative estimate of drug-likeness (QED) is 0.544. The Morgan fingerprint density at radius 1 is 1.10 bits per heavy atom. The number of fused-ring (bicyclic) bond motifs is 2. The highest BCUT2D eigenvalue weighted by molar-refractivity contribution is 5.85. The predicted octanol–water partition coefficient (Wildman–Crippen LogP) is 3.19. The number of hydrogen-bond donors (Lipinski definition) is 2. The molecule has 2 N–H and O–H groups in total. The molecule has 0 aliphatic heterocycles. The Morgan fingerprint density at radius 3 is 2.69 bits per heavy atom.